The van der Waals surface area contributed by atoms with Crippen molar-refractivity contribution in [1.29, 1.82) is 0 Å². The van der Waals surface area contributed by atoms with Crippen molar-refractivity contribution in [3.05, 3.63) is 29.6 Å². The zero-order chi connectivity index (χ0) is 11.7. The fourth-order valence-corrected chi connectivity index (χ4v) is 1.88. The van der Waals surface area contributed by atoms with Crippen LogP contribution in [0, 0.1) is 6.92 Å². The van der Waals surface area contributed by atoms with E-state index in [4.69, 9.17) is 5.11 Å². The summed E-state index contributed by atoms with van der Waals surface area (Å²) >= 11 is 0. The van der Waals surface area contributed by atoms with E-state index in [2.05, 4.69) is 16.5 Å². The molecule has 2 rings (SSSR count). The molecule has 16 heavy (non-hydrogen) atoms. The van der Waals surface area contributed by atoms with E-state index in [9.17, 15) is 4.79 Å². The highest BCUT2D eigenvalue weighted by Crippen LogP contribution is 2.18. The fraction of sp³-hybridized carbons (Fsp3) is 0.333. The van der Waals surface area contributed by atoms with Crippen LogP contribution in [0.5, 0.6) is 0 Å². The number of fused-ring (bicyclic) bond motifs is 1. The zero-order valence-electron chi connectivity index (χ0n) is 9.40. The van der Waals surface area contributed by atoms with Crippen LogP contribution in [0.1, 0.15) is 29.5 Å². The second-order valence-corrected chi connectivity index (χ2v) is 3.82. The van der Waals surface area contributed by atoms with Crippen LogP contribution in [0.4, 0.5) is 0 Å². The minimum atomic E-state index is -0.899. The number of imidazole rings is 1. The number of hydrogen-bond donors (Lipinski definition) is 1. The summed E-state index contributed by atoms with van der Waals surface area (Å²) in [5.41, 5.74) is 2.07. The third-order valence-corrected chi connectivity index (χ3v) is 2.63. The van der Waals surface area contributed by atoms with Crippen molar-refractivity contribution in [2.75, 3.05) is 0 Å². The minimum Gasteiger partial charge on any atom is -0.478 e. The summed E-state index contributed by atoms with van der Waals surface area (Å²) in [6, 6.07) is 5.04. The summed E-state index contributed by atoms with van der Waals surface area (Å²) in [6.07, 6.45) is 1.00. The Kier molecular flexibility index (Phi) is 2.64. The Morgan fingerprint density at radius 2 is 2.25 bits per heavy atom. The first kappa shape index (κ1) is 10.7. The topological polar surface area (TPSA) is 55.1 Å². The van der Waals surface area contributed by atoms with Gasteiger partial charge in [-0.3, -0.25) is 0 Å². The van der Waals surface area contributed by atoms with Crippen molar-refractivity contribution in [1.82, 2.24) is 9.55 Å². The van der Waals surface area contributed by atoms with Crippen LogP contribution in [0.25, 0.3) is 11.0 Å². The first-order valence-electron chi connectivity index (χ1n) is 5.33. The summed E-state index contributed by atoms with van der Waals surface area (Å²) < 4.78 is 2.06. The standard InChI is InChI=1S/C12H14N2O2/c1-3-6-14-8(2)13-10-5-4-9(12(15)16)7-11(10)14/h4-5,7H,3,6H2,1-2H3,(H,15,16). The molecular formula is C12H14N2O2. The summed E-state index contributed by atoms with van der Waals surface area (Å²) in [6.45, 7) is 4.90. The molecule has 0 amide bonds. The molecule has 0 radical (unpaired) electrons. The molecule has 0 saturated carbocycles. The van der Waals surface area contributed by atoms with Gasteiger partial charge in [0.05, 0.1) is 16.6 Å². The molecule has 0 atom stereocenters. The molecule has 1 heterocycles. The number of aromatic carboxylic acids is 1. The Balaban J connectivity index is 2.64. The van der Waals surface area contributed by atoms with E-state index in [0.29, 0.717) is 5.56 Å². The molecule has 0 fully saturated rings. The molecule has 84 valence electrons. The molecule has 4 heteroatoms. The van der Waals surface area contributed by atoms with Gasteiger partial charge in [0, 0.05) is 6.54 Å². The monoisotopic (exact) mass is 218 g/mol. The molecule has 0 aliphatic carbocycles. The maximum atomic E-state index is 10.9. The maximum Gasteiger partial charge on any atom is 0.335 e. The second kappa shape index (κ2) is 3.96. The lowest BCUT2D eigenvalue weighted by Crippen LogP contribution is -2.00. The van der Waals surface area contributed by atoms with Gasteiger partial charge in [-0.05, 0) is 31.5 Å². The Morgan fingerprint density at radius 3 is 2.88 bits per heavy atom. The average Bonchev–Trinajstić information content (AvgIpc) is 2.55. The molecule has 4 nitrogen and oxygen atoms in total. The van der Waals surface area contributed by atoms with Gasteiger partial charge in [-0.1, -0.05) is 6.92 Å². The SMILES string of the molecule is CCCn1c(C)nc2ccc(C(=O)O)cc21. The molecular weight excluding hydrogens is 204 g/mol. The van der Waals surface area contributed by atoms with Crippen LogP contribution in [-0.2, 0) is 6.54 Å². The number of carboxylic acid groups (broad SMARTS) is 1. The molecule has 1 aromatic carbocycles. The van der Waals surface area contributed by atoms with Gasteiger partial charge in [0.2, 0.25) is 0 Å². The van der Waals surface area contributed by atoms with E-state index in [1.54, 1.807) is 18.2 Å². The third kappa shape index (κ3) is 1.66. The number of aromatic nitrogens is 2. The Morgan fingerprint density at radius 1 is 1.50 bits per heavy atom. The van der Waals surface area contributed by atoms with Crippen LogP contribution >= 0.6 is 0 Å². The highest BCUT2D eigenvalue weighted by Gasteiger charge is 2.09. The van der Waals surface area contributed by atoms with Crippen LogP contribution in [0.15, 0.2) is 18.2 Å². The molecule has 0 aliphatic heterocycles. The first-order chi connectivity index (χ1) is 7.63. The van der Waals surface area contributed by atoms with E-state index in [-0.39, 0.29) is 0 Å². The van der Waals surface area contributed by atoms with Gasteiger partial charge in [-0.15, -0.1) is 0 Å². The fourth-order valence-electron chi connectivity index (χ4n) is 1.88. The number of hydrogen-bond acceptors (Lipinski definition) is 2. The Labute approximate surface area is 93.5 Å². The summed E-state index contributed by atoms with van der Waals surface area (Å²) in [4.78, 5) is 15.3. The minimum absolute atomic E-state index is 0.310. The number of carboxylic acids is 1. The molecule has 0 unspecified atom stereocenters. The van der Waals surface area contributed by atoms with Gasteiger partial charge in [0.15, 0.2) is 0 Å². The molecule has 1 aromatic heterocycles. The number of nitrogens with zero attached hydrogens (tertiary/aromatic N) is 2. The van der Waals surface area contributed by atoms with Gasteiger partial charge in [-0.2, -0.15) is 0 Å². The highest BCUT2D eigenvalue weighted by molar-refractivity contribution is 5.92. The van der Waals surface area contributed by atoms with Crippen molar-refractivity contribution in [3.63, 3.8) is 0 Å². The number of rotatable bonds is 3. The Hall–Kier alpha value is -1.84. The van der Waals surface area contributed by atoms with Gasteiger partial charge in [0.25, 0.3) is 0 Å². The van der Waals surface area contributed by atoms with Crippen molar-refractivity contribution in [2.24, 2.45) is 0 Å². The van der Waals surface area contributed by atoms with Gasteiger partial charge in [0.1, 0.15) is 5.82 Å². The molecule has 1 N–H and O–H groups in total. The van der Waals surface area contributed by atoms with Crippen LogP contribution < -0.4 is 0 Å². The van der Waals surface area contributed by atoms with Crippen molar-refractivity contribution in [3.8, 4) is 0 Å². The number of carbonyl (C=O) groups is 1. The van der Waals surface area contributed by atoms with Crippen molar-refractivity contribution in [2.45, 2.75) is 26.8 Å². The van der Waals surface area contributed by atoms with Gasteiger partial charge in [-0.25, -0.2) is 9.78 Å². The van der Waals surface area contributed by atoms with E-state index >= 15 is 0 Å². The second-order valence-electron chi connectivity index (χ2n) is 3.82. The van der Waals surface area contributed by atoms with E-state index in [1.165, 1.54) is 0 Å². The highest BCUT2D eigenvalue weighted by atomic mass is 16.4. The number of benzene rings is 1. The lowest BCUT2D eigenvalue weighted by atomic mass is 10.2. The molecule has 0 aliphatic rings. The van der Waals surface area contributed by atoms with Crippen LogP contribution in [-0.4, -0.2) is 20.6 Å². The van der Waals surface area contributed by atoms with Crippen LogP contribution in [0.3, 0.4) is 0 Å². The van der Waals surface area contributed by atoms with Crippen molar-refractivity contribution >= 4 is 17.0 Å². The van der Waals surface area contributed by atoms with Crippen molar-refractivity contribution < 1.29 is 9.90 Å². The Bertz CT molecular complexity index is 543. The van der Waals surface area contributed by atoms with Crippen LogP contribution in [0.2, 0.25) is 0 Å². The van der Waals surface area contributed by atoms with E-state index in [1.807, 2.05) is 6.92 Å². The predicted octanol–water partition coefficient (Wildman–Crippen LogP) is 2.45. The number of aryl methyl sites for hydroxylation is 2. The third-order valence-electron chi connectivity index (χ3n) is 2.63. The smallest absolute Gasteiger partial charge is 0.335 e. The van der Waals surface area contributed by atoms with E-state index < -0.39 is 5.97 Å². The lowest BCUT2D eigenvalue weighted by molar-refractivity contribution is 0.0697. The predicted molar refractivity (Wildman–Crippen MR) is 61.7 cm³/mol. The molecule has 0 bridgehead atoms. The lowest BCUT2D eigenvalue weighted by Gasteiger charge is -2.04. The summed E-state index contributed by atoms with van der Waals surface area (Å²) in [7, 11) is 0. The van der Waals surface area contributed by atoms with Gasteiger partial charge < -0.3 is 9.67 Å². The molecule has 2 aromatic rings. The average molecular weight is 218 g/mol. The molecule has 0 saturated heterocycles. The largest absolute Gasteiger partial charge is 0.478 e. The first-order valence-corrected chi connectivity index (χ1v) is 5.33. The molecule has 0 spiro atoms. The normalized spacial score (nSPS) is 10.9. The quantitative estimate of drug-likeness (QED) is 0.860. The zero-order valence-corrected chi connectivity index (χ0v) is 9.40. The van der Waals surface area contributed by atoms with E-state index in [0.717, 1.165) is 29.8 Å². The summed E-state index contributed by atoms with van der Waals surface area (Å²) in [5.74, 6) is 0.0307. The summed E-state index contributed by atoms with van der Waals surface area (Å²) in [5, 5.41) is 8.94. The maximum absolute atomic E-state index is 10.9. The van der Waals surface area contributed by atoms with Gasteiger partial charge >= 0.3 is 5.97 Å².